The van der Waals surface area contributed by atoms with Gasteiger partial charge >= 0.3 is 0 Å². The van der Waals surface area contributed by atoms with Crippen LogP contribution < -0.4 is 10.1 Å². The summed E-state index contributed by atoms with van der Waals surface area (Å²) in [5.41, 5.74) is 2.73. The maximum Gasteiger partial charge on any atom is 0.251 e. The second-order valence-electron chi connectivity index (χ2n) is 4.65. The Hall–Kier alpha value is -2.00. The minimum absolute atomic E-state index is 0.0778. The number of rotatable bonds is 6. The smallest absolute Gasteiger partial charge is 0.251 e. The van der Waals surface area contributed by atoms with Crippen LogP contribution in [0.3, 0.4) is 0 Å². The Bertz CT molecular complexity index is 596. The fourth-order valence-electron chi connectivity index (χ4n) is 2.07. The van der Waals surface area contributed by atoms with Gasteiger partial charge in [0, 0.05) is 18.0 Å². The zero-order valence-electron chi connectivity index (χ0n) is 11.9. The summed E-state index contributed by atoms with van der Waals surface area (Å²) in [5, 5.41) is 2.91. The first-order valence-corrected chi connectivity index (χ1v) is 7.33. The van der Waals surface area contributed by atoms with Gasteiger partial charge in [-0.3, -0.25) is 4.79 Å². The van der Waals surface area contributed by atoms with Crippen molar-refractivity contribution in [3.05, 3.63) is 65.2 Å². The van der Waals surface area contributed by atoms with E-state index in [1.807, 2.05) is 36.4 Å². The molecule has 1 N–H and O–H groups in total. The van der Waals surface area contributed by atoms with Crippen LogP contribution in [0.1, 0.15) is 21.5 Å². The molecule has 0 atom stereocenters. The number of hydrogen-bond acceptors (Lipinski definition) is 2. The van der Waals surface area contributed by atoms with Crippen molar-refractivity contribution in [1.29, 1.82) is 0 Å². The van der Waals surface area contributed by atoms with Gasteiger partial charge in [-0.2, -0.15) is 0 Å². The summed E-state index contributed by atoms with van der Waals surface area (Å²) in [7, 11) is 1.65. The molecule has 2 aromatic rings. The van der Waals surface area contributed by atoms with Crippen LogP contribution in [0, 0.1) is 0 Å². The van der Waals surface area contributed by atoms with E-state index in [2.05, 4.69) is 5.32 Å². The van der Waals surface area contributed by atoms with Crippen molar-refractivity contribution in [2.45, 2.75) is 12.3 Å². The van der Waals surface area contributed by atoms with E-state index in [-0.39, 0.29) is 5.91 Å². The maximum absolute atomic E-state index is 12.0. The highest BCUT2D eigenvalue weighted by atomic mass is 35.5. The standard InChI is InChI=1S/C17H18ClNO2/c1-21-16-5-3-2-4-14(16)10-11-19-17(20)15-8-6-13(12-18)7-9-15/h2-9H,10-12H2,1H3,(H,19,20). The average molecular weight is 304 g/mol. The first-order valence-electron chi connectivity index (χ1n) is 6.79. The van der Waals surface area contributed by atoms with Gasteiger partial charge in [0.1, 0.15) is 5.75 Å². The van der Waals surface area contributed by atoms with Crippen LogP contribution in [0.25, 0.3) is 0 Å². The quantitative estimate of drug-likeness (QED) is 0.831. The molecule has 0 radical (unpaired) electrons. The van der Waals surface area contributed by atoms with E-state index >= 15 is 0 Å². The van der Waals surface area contributed by atoms with Crippen molar-refractivity contribution < 1.29 is 9.53 Å². The Morgan fingerprint density at radius 1 is 1.14 bits per heavy atom. The summed E-state index contributed by atoms with van der Waals surface area (Å²) in [6, 6.07) is 15.1. The SMILES string of the molecule is COc1ccccc1CCNC(=O)c1ccc(CCl)cc1. The van der Waals surface area contributed by atoms with E-state index < -0.39 is 0 Å². The van der Waals surface area contributed by atoms with Gasteiger partial charge in [-0.25, -0.2) is 0 Å². The first kappa shape index (κ1) is 15.4. The van der Waals surface area contributed by atoms with Crippen LogP contribution in [0.4, 0.5) is 0 Å². The first-order chi connectivity index (χ1) is 10.2. The van der Waals surface area contributed by atoms with Gasteiger partial charge in [-0.15, -0.1) is 11.6 Å². The summed E-state index contributed by atoms with van der Waals surface area (Å²) >= 11 is 5.73. The lowest BCUT2D eigenvalue weighted by atomic mass is 10.1. The number of carbonyl (C=O) groups excluding carboxylic acids is 1. The van der Waals surface area contributed by atoms with Crippen molar-refractivity contribution in [3.8, 4) is 5.75 Å². The van der Waals surface area contributed by atoms with Crippen LogP contribution in [-0.4, -0.2) is 19.6 Å². The zero-order valence-corrected chi connectivity index (χ0v) is 12.7. The number of ether oxygens (including phenoxy) is 1. The molecule has 0 unspecified atom stereocenters. The van der Waals surface area contributed by atoms with Crippen molar-refractivity contribution in [1.82, 2.24) is 5.32 Å². The van der Waals surface area contributed by atoms with E-state index in [0.29, 0.717) is 18.0 Å². The third kappa shape index (κ3) is 4.23. The molecule has 0 spiro atoms. The molecule has 0 heterocycles. The van der Waals surface area contributed by atoms with Crippen LogP contribution in [0.2, 0.25) is 0 Å². The number of amides is 1. The fraction of sp³-hybridized carbons (Fsp3) is 0.235. The molecular formula is C17H18ClNO2. The third-order valence-electron chi connectivity index (χ3n) is 3.24. The second kappa shape index (κ2) is 7.70. The minimum atomic E-state index is -0.0778. The molecule has 1 amide bonds. The molecule has 0 bridgehead atoms. The molecule has 0 fully saturated rings. The lowest BCUT2D eigenvalue weighted by molar-refractivity contribution is 0.0954. The maximum atomic E-state index is 12.0. The zero-order chi connectivity index (χ0) is 15.1. The molecule has 0 aliphatic carbocycles. The summed E-state index contributed by atoms with van der Waals surface area (Å²) < 4.78 is 5.29. The third-order valence-corrected chi connectivity index (χ3v) is 3.55. The molecule has 21 heavy (non-hydrogen) atoms. The van der Waals surface area contributed by atoms with Crippen molar-refractivity contribution >= 4 is 17.5 Å². The number of benzene rings is 2. The van der Waals surface area contributed by atoms with Crippen LogP contribution in [-0.2, 0) is 12.3 Å². The average Bonchev–Trinajstić information content (AvgIpc) is 2.55. The number of para-hydroxylation sites is 1. The van der Waals surface area contributed by atoms with Crippen LogP contribution in [0.5, 0.6) is 5.75 Å². The lowest BCUT2D eigenvalue weighted by Gasteiger charge is -2.09. The van der Waals surface area contributed by atoms with Gasteiger partial charge in [-0.05, 0) is 35.7 Å². The number of nitrogens with one attached hydrogen (secondary N) is 1. The number of hydrogen-bond donors (Lipinski definition) is 1. The molecule has 0 aliphatic rings. The predicted octanol–water partition coefficient (Wildman–Crippen LogP) is 3.41. The van der Waals surface area contributed by atoms with Crippen molar-refractivity contribution in [3.63, 3.8) is 0 Å². The molecule has 0 aliphatic heterocycles. The molecule has 110 valence electrons. The Morgan fingerprint density at radius 3 is 2.52 bits per heavy atom. The highest BCUT2D eigenvalue weighted by Gasteiger charge is 2.06. The number of halogens is 1. The van der Waals surface area contributed by atoms with Gasteiger partial charge in [0.05, 0.1) is 7.11 Å². The minimum Gasteiger partial charge on any atom is -0.496 e. The highest BCUT2D eigenvalue weighted by Crippen LogP contribution is 2.17. The monoisotopic (exact) mass is 303 g/mol. The van der Waals surface area contributed by atoms with E-state index in [1.165, 1.54) is 0 Å². The molecule has 0 saturated carbocycles. The van der Waals surface area contributed by atoms with Gasteiger partial charge in [0.25, 0.3) is 5.91 Å². The molecule has 3 nitrogen and oxygen atoms in total. The Kier molecular flexibility index (Phi) is 5.64. The van der Waals surface area contributed by atoms with Gasteiger partial charge in [0.2, 0.25) is 0 Å². The van der Waals surface area contributed by atoms with E-state index in [1.54, 1.807) is 19.2 Å². The number of methoxy groups -OCH3 is 1. The van der Waals surface area contributed by atoms with E-state index in [4.69, 9.17) is 16.3 Å². The van der Waals surface area contributed by atoms with Crippen molar-refractivity contribution in [2.75, 3.05) is 13.7 Å². The molecule has 0 aromatic heterocycles. The van der Waals surface area contributed by atoms with E-state index in [0.717, 1.165) is 23.3 Å². The van der Waals surface area contributed by atoms with Gasteiger partial charge < -0.3 is 10.1 Å². The Balaban J connectivity index is 1.89. The lowest BCUT2D eigenvalue weighted by Crippen LogP contribution is -2.25. The second-order valence-corrected chi connectivity index (χ2v) is 4.92. The molecular weight excluding hydrogens is 286 g/mol. The van der Waals surface area contributed by atoms with E-state index in [9.17, 15) is 4.79 Å². The largest absolute Gasteiger partial charge is 0.496 e. The Labute approximate surface area is 129 Å². The van der Waals surface area contributed by atoms with Gasteiger partial charge in [-0.1, -0.05) is 30.3 Å². The van der Waals surface area contributed by atoms with Crippen LogP contribution >= 0.6 is 11.6 Å². The van der Waals surface area contributed by atoms with Gasteiger partial charge in [0.15, 0.2) is 0 Å². The normalized spacial score (nSPS) is 10.2. The summed E-state index contributed by atoms with van der Waals surface area (Å²) in [4.78, 5) is 12.0. The number of carbonyl (C=O) groups is 1. The fourth-order valence-corrected chi connectivity index (χ4v) is 2.25. The summed E-state index contributed by atoms with van der Waals surface area (Å²) in [6.07, 6.45) is 0.732. The summed E-state index contributed by atoms with van der Waals surface area (Å²) in [5.74, 6) is 1.22. The van der Waals surface area contributed by atoms with Crippen molar-refractivity contribution in [2.24, 2.45) is 0 Å². The predicted molar refractivity (Wildman–Crippen MR) is 85.0 cm³/mol. The molecule has 2 rings (SSSR count). The highest BCUT2D eigenvalue weighted by molar-refractivity contribution is 6.17. The molecule has 4 heteroatoms. The number of alkyl halides is 1. The molecule has 0 saturated heterocycles. The Morgan fingerprint density at radius 2 is 1.86 bits per heavy atom. The topological polar surface area (TPSA) is 38.3 Å². The summed E-state index contributed by atoms with van der Waals surface area (Å²) in [6.45, 7) is 0.566. The molecule has 2 aromatic carbocycles. The van der Waals surface area contributed by atoms with Crippen LogP contribution in [0.15, 0.2) is 48.5 Å².